The van der Waals surface area contributed by atoms with E-state index in [2.05, 4.69) is 54.9 Å². The SMILES string of the molecule is CCn1ncnc1CN1CC(CC(C)C)NCC1(C)CC. The molecule has 1 aromatic rings. The van der Waals surface area contributed by atoms with Crippen molar-refractivity contribution in [1.29, 1.82) is 0 Å². The van der Waals surface area contributed by atoms with Gasteiger partial charge in [-0.15, -0.1) is 0 Å². The molecule has 0 saturated carbocycles. The largest absolute Gasteiger partial charge is 0.311 e. The van der Waals surface area contributed by atoms with Gasteiger partial charge in [-0.1, -0.05) is 20.8 Å². The highest BCUT2D eigenvalue weighted by molar-refractivity contribution is 4.98. The van der Waals surface area contributed by atoms with Crippen LogP contribution in [0.15, 0.2) is 6.33 Å². The van der Waals surface area contributed by atoms with Gasteiger partial charge in [0.05, 0.1) is 6.54 Å². The van der Waals surface area contributed by atoms with E-state index in [-0.39, 0.29) is 5.54 Å². The molecule has 2 rings (SSSR count). The Balaban J connectivity index is 2.11. The molecule has 0 spiro atoms. The summed E-state index contributed by atoms with van der Waals surface area (Å²) in [7, 11) is 0. The highest BCUT2D eigenvalue weighted by Gasteiger charge is 2.37. The van der Waals surface area contributed by atoms with Gasteiger partial charge in [0.15, 0.2) is 0 Å². The molecule has 5 heteroatoms. The predicted octanol–water partition coefficient (Wildman–Crippen LogP) is 2.29. The molecule has 2 heterocycles. The summed E-state index contributed by atoms with van der Waals surface area (Å²) in [6.07, 6.45) is 4.06. The van der Waals surface area contributed by atoms with Crippen LogP contribution in [0.5, 0.6) is 0 Å². The Labute approximate surface area is 129 Å². The molecule has 2 atom stereocenters. The molecule has 1 aliphatic heterocycles. The lowest BCUT2D eigenvalue weighted by Gasteiger charge is -2.48. The number of aromatic nitrogens is 3. The van der Waals surface area contributed by atoms with Crippen molar-refractivity contribution in [1.82, 2.24) is 25.0 Å². The Morgan fingerprint density at radius 3 is 2.81 bits per heavy atom. The first kappa shape index (κ1) is 16.4. The first-order chi connectivity index (χ1) is 9.98. The minimum Gasteiger partial charge on any atom is -0.311 e. The summed E-state index contributed by atoms with van der Waals surface area (Å²) < 4.78 is 2.01. The summed E-state index contributed by atoms with van der Waals surface area (Å²) in [5, 5.41) is 8.05. The number of nitrogens with one attached hydrogen (secondary N) is 1. The van der Waals surface area contributed by atoms with E-state index in [1.165, 1.54) is 6.42 Å². The molecule has 120 valence electrons. The first-order valence-electron chi connectivity index (χ1n) is 8.33. The maximum absolute atomic E-state index is 4.46. The second-order valence-corrected chi connectivity index (χ2v) is 6.93. The van der Waals surface area contributed by atoms with E-state index in [1.54, 1.807) is 6.33 Å². The molecule has 1 aliphatic rings. The topological polar surface area (TPSA) is 46.0 Å². The monoisotopic (exact) mass is 293 g/mol. The van der Waals surface area contributed by atoms with Crippen LogP contribution in [-0.4, -0.2) is 44.3 Å². The van der Waals surface area contributed by atoms with Crippen molar-refractivity contribution < 1.29 is 0 Å². The van der Waals surface area contributed by atoms with Crippen LogP contribution in [0, 0.1) is 5.92 Å². The Morgan fingerprint density at radius 2 is 2.19 bits per heavy atom. The van der Waals surface area contributed by atoms with Crippen LogP contribution < -0.4 is 5.32 Å². The maximum Gasteiger partial charge on any atom is 0.141 e. The van der Waals surface area contributed by atoms with E-state index in [1.807, 2.05) is 4.68 Å². The molecular weight excluding hydrogens is 262 g/mol. The average Bonchev–Trinajstić information content (AvgIpc) is 2.89. The summed E-state index contributed by atoms with van der Waals surface area (Å²) in [4.78, 5) is 7.06. The molecule has 0 aromatic carbocycles. The second kappa shape index (κ2) is 6.88. The Kier molecular flexibility index (Phi) is 5.38. The third-order valence-corrected chi connectivity index (χ3v) is 4.82. The highest BCUT2D eigenvalue weighted by Crippen LogP contribution is 2.26. The Hall–Kier alpha value is -0.940. The highest BCUT2D eigenvalue weighted by atomic mass is 15.4. The van der Waals surface area contributed by atoms with E-state index >= 15 is 0 Å². The second-order valence-electron chi connectivity index (χ2n) is 6.93. The number of piperazine rings is 1. The Bertz CT molecular complexity index is 442. The lowest BCUT2D eigenvalue weighted by molar-refractivity contribution is 0.0339. The van der Waals surface area contributed by atoms with Gasteiger partial charge in [-0.2, -0.15) is 5.10 Å². The predicted molar refractivity (Wildman–Crippen MR) is 86.0 cm³/mol. The van der Waals surface area contributed by atoms with Crippen molar-refractivity contribution in [3.05, 3.63) is 12.2 Å². The zero-order valence-corrected chi connectivity index (χ0v) is 14.3. The quantitative estimate of drug-likeness (QED) is 0.874. The molecule has 21 heavy (non-hydrogen) atoms. The minimum atomic E-state index is 0.206. The van der Waals surface area contributed by atoms with Crippen LogP contribution in [0.4, 0.5) is 0 Å². The smallest absolute Gasteiger partial charge is 0.141 e. The van der Waals surface area contributed by atoms with Crippen molar-refractivity contribution in [2.45, 2.75) is 72.1 Å². The lowest BCUT2D eigenvalue weighted by atomic mass is 9.90. The van der Waals surface area contributed by atoms with Crippen LogP contribution in [0.3, 0.4) is 0 Å². The molecule has 1 fully saturated rings. The number of hydrogen-bond donors (Lipinski definition) is 1. The van der Waals surface area contributed by atoms with Gasteiger partial charge in [-0.05, 0) is 32.6 Å². The lowest BCUT2D eigenvalue weighted by Crippen LogP contribution is -2.62. The van der Waals surface area contributed by atoms with E-state index < -0.39 is 0 Å². The van der Waals surface area contributed by atoms with Gasteiger partial charge in [-0.3, -0.25) is 4.90 Å². The Morgan fingerprint density at radius 1 is 1.43 bits per heavy atom. The van der Waals surface area contributed by atoms with Crippen LogP contribution in [0.25, 0.3) is 0 Å². The third kappa shape index (κ3) is 3.83. The molecule has 0 bridgehead atoms. The van der Waals surface area contributed by atoms with Gasteiger partial charge in [0.25, 0.3) is 0 Å². The normalized spacial score (nSPS) is 27.4. The summed E-state index contributed by atoms with van der Waals surface area (Å²) in [6.45, 7) is 15.3. The standard InChI is InChI=1S/C16H31N5/c1-6-16(5)11-17-14(8-13(3)4)9-20(16)10-15-18-12-19-21(15)7-2/h12-14,17H,6-11H2,1-5H3. The zero-order chi connectivity index (χ0) is 15.5. The molecule has 1 saturated heterocycles. The fourth-order valence-electron chi connectivity index (χ4n) is 3.20. The molecule has 1 N–H and O–H groups in total. The number of hydrogen-bond acceptors (Lipinski definition) is 4. The summed E-state index contributed by atoms with van der Waals surface area (Å²) in [6, 6.07) is 0.586. The van der Waals surface area contributed by atoms with Gasteiger partial charge >= 0.3 is 0 Å². The zero-order valence-electron chi connectivity index (χ0n) is 14.3. The molecular formula is C16H31N5. The van der Waals surface area contributed by atoms with Crippen molar-refractivity contribution in [3.63, 3.8) is 0 Å². The van der Waals surface area contributed by atoms with Crippen LogP contribution in [0.1, 0.15) is 53.3 Å². The summed E-state index contributed by atoms with van der Waals surface area (Å²) in [5.74, 6) is 1.82. The summed E-state index contributed by atoms with van der Waals surface area (Å²) in [5.41, 5.74) is 0.206. The van der Waals surface area contributed by atoms with Gasteiger partial charge in [-0.25, -0.2) is 9.67 Å². The van der Waals surface area contributed by atoms with Gasteiger partial charge < -0.3 is 5.32 Å². The van der Waals surface area contributed by atoms with Crippen LogP contribution >= 0.6 is 0 Å². The van der Waals surface area contributed by atoms with Crippen LogP contribution in [0.2, 0.25) is 0 Å². The third-order valence-electron chi connectivity index (χ3n) is 4.82. The molecule has 2 unspecified atom stereocenters. The fourth-order valence-corrected chi connectivity index (χ4v) is 3.20. The minimum absolute atomic E-state index is 0.206. The molecule has 0 amide bonds. The maximum atomic E-state index is 4.46. The van der Waals surface area contributed by atoms with E-state index in [4.69, 9.17) is 0 Å². The van der Waals surface area contributed by atoms with Crippen molar-refractivity contribution in [2.75, 3.05) is 13.1 Å². The number of nitrogens with zero attached hydrogens (tertiary/aromatic N) is 4. The van der Waals surface area contributed by atoms with E-state index in [0.717, 1.165) is 44.3 Å². The average molecular weight is 293 g/mol. The van der Waals surface area contributed by atoms with Crippen LogP contribution in [-0.2, 0) is 13.1 Å². The summed E-state index contributed by atoms with van der Waals surface area (Å²) >= 11 is 0. The molecule has 0 aliphatic carbocycles. The van der Waals surface area contributed by atoms with E-state index in [9.17, 15) is 0 Å². The first-order valence-corrected chi connectivity index (χ1v) is 8.33. The fraction of sp³-hybridized carbons (Fsp3) is 0.875. The van der Waals surface area contributed by atoms with Gasteiger partial charge in [0, 0.05) is 31.2 Å². The number of rotatable bonds is 6. The van der Waals surface area contributed by atoms with Crippen molar-refractivity contribution in [3.8, 4) is 0 Å². The molecule has 1 aromatic heterocycles. The number of aryl methyl sites for hydroxylation is 1. The van der Waals surface area contributed by atoms with Crippen molar-refractivity contribution in [2.24, 2.45) is 5.92 Å². The molecule has 5 nitrogen and oxygen atoms in total. The van der Waals surface area contributed by atoms with Gasteiger partial charge in [0.2, 0.25) is 0 Å². The van der Waals surface area contributed by atoms with Gasteiger partial charge in [0.1, 0.15) is 12.2 Å². The van der Waals surface area contributed by atoms with E-state index in [0.29, 0.717) is 6.04 Å². The van der Waals surface area contributed by atoms with Crippen molar-refractivity contribution >= 4 is 0 Å². The molecule has 0 radical (unpaired) electrons.